The minimum atomic E-state index is 0.716. The first kappa shape index (κ1) is 14.3. The van der Waals surface area contributed by atoms with E-state index in [2.05, 4.69) is 43.2 Å². The number of likely N-dealkylation sites (tertiary alicyclic amines) is 1. The fourth-order valence-corrected chi connectivity index (χ4v) is 3.83. The van der Waals surface area contributed by atoms with E-state index in [9.17, 15) is 0 Å². The maximum Gasteiger partial charge on any atom is 0.0252 e. The molecule has 0 spiro atoms. The lowest BCUT2D eigenvalue weighted by Crippen LogP contribution is -2.52. The van der Waals surface area contributed by atoms with E-state index in [-0.39, 0.29) is 0 Å². The molecule has 106 valence electrons. The molecule has 4 unspecified atom stereocenters. The molecule has 3 nitrogen and oxygen atoms in total. The van der Waals surface area contributed by atoms with Crippen molar-refractivity contribution in [2.45, 2.75) is 57.2 Å². The summed E-state index contributed by atoms with van der Waals surface area (Å²) in [6.07, 6.45) is 6.89. The van der Waals surface area contributed by atoms with Crippen molar-refractivity contribution in [2.75, 3.05) is 34.2 Å². The highest BCUT2D eigenvalue weighted by Crippen LogP contribution is 2.32. The van der Waals surface area contributed by atoms with Gasteiger partial charge in [0.1, 0.15) is 0 Å². The van der Waals surface area contributed by atoms with Crippen molar-refractivity contribution < 1.29 is 0 Å². The van der Waals surface area contributed by atoms with Gasteiger partial charge in [-0.25, -0.2) is 0 Å². The number of rotatable bonds is 4. The van der Waals surface area contributed by atoms with Crippen LogP contribution in [0.1, 0.15) is 39.0 Å². The number of likely N-dealkylation sites (N-methyl/N-ethyl adjacent to an activating group) is 2. The van der Waals surface area contributed by atoms with Crippen LogP contribution >= 0.6 is 0 Å². The summed E-state index contributed by atoms with van der Waals surface area (Å²) in [5.74, 6) is 0.956. The predicted octanol–water partition coefficient (Wildman–Crippen LogP) is 1.79. The van der Waals surface area contributed by atoms with Gasteiger partial charge < -0.3 is 10.2 Å². The van der Waals surface area contributed by atoms with Crippen LogP contribution in [0.5, 0.6) is 0 Å². The van der Waals surface area contributed by atoms with Gasteiger partial charge in [-0.1, -0.05) is 13.3 Å². The van der Waals surface area contributed by atoms with Gasteiger partial charge in [-0.2, -0.15) is 0 Å². The summed E-state index contributed by atoms with van der Waals surface area (Å²) in [7, 11) is 6.59. The van der Waals surface area contributed by atoms with E-state index < -0.39 is 0 Å². The Morgan fingerprint density at radius 1 is 1.22 bits per heavy atom. The smallest absolute Gasteiger partial charge is 0.0252 e. The van der Waals surface area contributed by atoms with Crippen LogP contribution in [0, 0.1) is 5.92 Å². The molecule has 0 amide bonds. The second-order valence-electron chi connectivity index (χ2n) is 6.45. The molecule has 2 aliphatic rings. The Morgan fingerprint density at radius 3 is 2.56 bits per heavy atom. The third kappa shape index (κ3) is 3.06. The lowest BCUT2D eigenvalue weighted by molar-refractivity contribution is 0.113. The third-order valence-corrected chi connectivity index (χ3v) is 5.27. The van der Waals surface area contributed by atoms with Crippen LogP contribution in [0.25, 0.3) is 0 Å². The molecule has 1 saturated carbocycles. The highest BCUT2D eigenvalue weighted by molar-refractivity contribution is 4.94. The van der Waals surface area contributed by atoms with Crippen molar-refractivity contribution in [3.05, 3.63) is 0 Å². The minimum absolute atomic E-state index is 0.716. The molecule has 2 fully saturated rings. The molecule has 18 heavy (non-hydrogen) atoms. The molecule has 2 rings (SSSR count). The molecule has 0 aromatic rings. The zero-order valence-corrected chi connectivity index (χ0v) is 12.7. The van der Waals surface area contributed by atoms with Crippen molar-refractivity contribution >= 4 is 0 Å². The topological polar surface area (TPSA) is 18.5 Å². The summed E-state index contributed by atoms with van der Waals surface area (Å²) in [6.45, 7) is 4.92. The Bertz CT molecular complexity index is 254. The molecule has 1 N–H and O–H groups in total. The van der Waals surface area contributed by atoms with Gasteiger partial charge in [0.15, 0.2) is 0 Å². The zero-order chi connectivity index (χ0) is 13.1. The van der Waals surface area contributed by atoms with E-state index in [0.29, 0.717) is 6.04 Å². The average Bonchev–Trinajstić information content (AvgIpc) is 2.87. The highest BCUT2D eigenvalue weighted by Gasteiger charge is 2.36. The number of hydrogen-bond acceptors (Lipinski definition) is 3. The van der Waals surface area contributed by atoms with Crippen molar-refractivity contribution in [2.24, 2.45) is 5.92 Å². The van der Waals surface area contributed by atoms with Gasteiger partial charge in [0.25, 0.3) is 0 Å². The molecule has 0 bridgehead atoms. The molecule has 1 saturated heterocycles. The molecule has 0 aromatic heterocycles. The van der Waals surface area contributed by atoms with Crippen molar-refractivity contribution in [3.63, 3.8) is 0 Å². The van der Waals surface area contributed by atoms with E-state index in [0.717, 1.165) is 18.0 Å². The van der Waals surface area contributed by atoms with Gasteiger partial charge in [0.05, 0.1) is 0 Å². The van der Waals surface area contributed by atoms with Crippen LogP contribution in [0.4, 0.5) is 0 Å². The Hall–Kier alpha value is -0.120. The quantitative estimate of drug-likeness (QED) is 0.824. The van der Waals surface area contributed by atoms with Crippen LogP contribution < -0.4 is 5.32 Å². The summed E-state index contributed by atoms with van der Waals surface area (Å²) in [5.41, 5.74) is 0. The maximum absolute atomic E-state index is 3.56. The third-order valence-electron chi connectivity index (χ3n) is 5.27. The normalized spacial score (nSPS) is 38.5. The van der Waals surface area contributed by atoms with Crippen molar-refractivity contribution in [1.82, 2.24) is 15.1 Å². The van der Waals surface area contributed by atoms with Gasteiger partial charge in [0, 0.05) is 31.2 Å². The molecule has 1 aliphatic carbocycles. The van der Waals surface area contributed by atoms with Crippen LogP contribution in [-0.4, -0.2) is 62.2 Å². The van der Waals surface area contributed by atoms with Crippen LogP contribution in [0.2, 0.25) is 0 Å². The first-order chi connectivity index (χ1) is 8.65. The standard InChI is InChI=1S/C15H31N3/c1-5-12-6-7-14(16-2)15(10-12)18-9-8-13(11-18)17(3)4/h12-16H,5-11H2,1-4H3. The average molecular weight is 253 g/mol. The Morgan fingerprint density at radius 2 is 2.00 bits per heavy atom. The highest BCUT2D eigenvalue weighted by atomic mass is 15.3. The Labute approximate surface area is 113 Å². The molecular formula is C15H31N3. The fraction of sp³-hybridized carbons (Fsp3) is 1.00. The monoisotopic (exact) mass is 253 g/mol. The number of hydrogen-bond donors (Lipinski definition) is 1. The molecular weight excluding hydrogens is 222 g/mol. The first-order valence-electron chi connectivity index (χ1n) is 7.73. The first-order valence-corrected chi connectivity index (χ1v) is 7.73. The minimum Gasteiger partial charge on any atom is -0.315 e. The van der Waals surface area contributed by atoms with Crippen LogP contribution in [0.15, 0.2) is 0 Å². The van der Waals surface area contributed by atoms with Crippen molar-refractivity contribution in [1.29, 1.82) is 0 Å². The van der Waals surface area contributed by atoms with Gasteiger partial charge in [-0.05, 0) is 52.7 Å². The van der Waals surface area contributed by atoms with E-state index >= 15 is 0 Å². The molecule has 0 aromatic carbocycles. The zero-order valence-electron chi connectivity index (χ0n) is 12.7. The SMILES string of the molecule is CCC1CCC(NC)C(N2CCC(N(C)C)C2)C1. The van der Waals surface area contributed by atoms with Crippen LogP contribution in [-0.2, 0) is 0 Å². The van der Waals surface area contributed by atoms with E-state index in [1.165, 1.54) is 45.2 Å². The van der Waals surface area contributed by atoms with Gasteiger partial charge in [-0.3, -0.25) is 4.90 Å². The van der Waals surface area contributed by atoms with Crippen LogP contribution in [0.3, 0.4) is 0 Å². The number of nitrogens with one attached hydrogen (secondary N) is 1. The van der Waals surface area contributed by atoms with Gasteiger partial charge >= 0.3 is 0 Å². The summed E-state index contributed by atoms with van der Waals surface area (Å²) < 4.78 is 0. The Balaban J connectivity index is 1.96. The lowest BCUT2D eigenvalue weighted by atomic mass is 9.80. The molecule has 3 heteroatoms. The summed E-state index contributed by atoms with van der Waals surface area (Å²) in [5, 5.41) is 3.56. The summed E-state index contributed by atoms with van der Waals surface area (Å²) in [4.78, 5) is 5.15. The second-order valence-corrected chi connectivity index (χ2v) is 6.45. The largest absolute Gasteiger partial charge is 0.315 e. The van der Waals surface area contributed by atoms with Gasteiger partial charge in [0.2, 0.25) is 0 Å². The predicted molar refractivity (Wildman–Crippen MR) is 77.9 cm³/mol. The Kier molecular flexibility index (Phi) is 5.05. The van der Waals surface area contributed by atoms with Gasteiger partial charge in [-0.15, -0.1) is 0 Å². The molecule has 1 aliphatic heterocycles. The van der Waals surface area contributed by atoms with E-state index in [1.807, 2.05) is 0 Å². The fourth-order valence-electron chi connectivity index (χ4n) is 3.83. The number of nitrogens with zero attached hydrogens (tertiary/aromatic N) is 2. The molecule has 0 radical (unpaired) electrons. The maximum atomic E-state index is 3.56. The summed E-state index contributed by atoms with van der Waals surface area (Å²) in [6, 6.07) is 2.26. The lowest BCUT2D eigenvalue weighted by Gasteiger charge is -2.41. The molecule has 1 heterocycles. The second kappa shape index (κ2) is 6.36. The van der Waals surface area contributed by atoms with E-state index in [1.54, 1.807) is 0 Å². The van der Waals surface area contributed by atoms with Crippen molar-refractivity contribution in [3.8, 4) is 0 Å². The molecule has 4 atom stereocenters. The van der Waals surface area contributed by atoms with E-state index in [4.69, 9.17) is 0 Å². The summed E-state index contributed by atoms with van der Waals surface area (Å²) >= 11 is 0.